The molecule has 4 rings (SSSR count). The van der Waals surface area contributed by atoms with E-state index in [1.807, 2.05) is 0 Å². The number of carboxylic acids is 1. The van der Waals surface area contributed by atoms with E-state index in [2.05, 4.69) is 0 Å². The van der Waals surface area contributed by atoms with Gasteiger partial charge in [0.15, 0.2) is 0 Å². The van der Waals surface area contributed by atoms with Crippen molar-refractivity contribution < 1.29 is 34.1 Å². The minimum atomic E-state index is -1.07. The van der Waals surface area contributed by atoms with Crippen molar-refractivity contribution in [2.24, 2.45) is 0 Å². The predicted octanol–water partition coefficient (Wildman–Crippen LogP) is 4.68. The van der Waals surface area contributed by atoms with Crippen molar-refractivity contribution >= 4 is 35.0 Å². The highest BCUT2D eigenvalue weighted by Crippen LogP contribution is 2.43. The number of rotatable bonds is 7. The Bertz CT molecular complexity index is 1380. The normalized spacial score (nSPS) is 16.8. The van der Waals surface area contributed by atoms with Gasteiger partial charge in [-0.1, -0.05) is 41.9 Å². The first-order valence-corrected chi connectivity index (χ1v) is 11.2. The van der Waals surface area contributed by atoms with Gasteiger partial charge in [-0.3, -0.25) is 9.59 Å². The minimum Gasteiger partial charge on any atom is -0.507 e. The van der Waals surface area contributed by atoms with Crippen LogP contribution in [0.15, 0.2) is 72.3 Å². The molecule has 3 aromatic carbocycles. The average molecular weight is 508 g/mol. The van der Waals surface area contributed by atoms with Gasteiger partial charge in [-0.05, 0) is 42.0 Å². The third-order valence-electron chi connectivity index (χ3n) is 5.95. The molecule has 9 heteroatoms. The van der Waals surface area contributed by atoms with E-state index in [0.29, 0.717) is 22.6 Å². The molecular weight excluding hydrogens is 486 g/mol. The zero-order valence-corrected chi connectivity index (χ0v) is 20.2. The molecule has 1 aliphatic rings. The first kappa shape index (κ1) is 24.8. The van der Waals surface area contributed by atoms with Gasteiger partial charge in [-0.2, -0.15) is 0 Å². The van der Waals surface area contributed by atoms with Crippen molar-refractivity contribution in [1.82, 2.24) is 4.90 Å². The summed E-state index contributed by atoms with van der Waals surface area (Å²) in [7, 11) is 2.93. The van der Waals surface area contributed by atoms with Crippen molar-refractivity contribution in [3.8, 4) is 11.5 Å². The van der Waals surface area contributed by atoms with Crippen LogP contribution in [-0.4, -0.2) is 47.0 Å². The number of methoxy groups -OCH3 is 2. The summed E-state index contributed by atoms with van der Waals surface area (Å²) < 4.78 is 10.7. The molecule has 1 atom stereocenters. The Hall–Kier alpha value is -4.30. The molecule has 0 spiro atoms. The van der Waals surface area contributed by atoms with Crippen LogP contribution in [0.25, 0.3) is 5.76 Å². The summed E-state index contributed by atoms with van der Waals surface area (Å²) >= 11 is 6.23. The quantitative estimate of drug-likeness (QED) is 0.271. The molecule has 0 saturated carbocycles. The number of carbonyl (C=O) groups is 3. The van der Waals surface area contributed by atoms with Gasteiger partial charge in [-0.25, -0.2) is 4.79 Å². The SMILES string of the molecule is COc1ccc(/C(O)=C2\C(=O)C(=O)N(Cc3ccc(C(=O)O)cc3)C2c2ccccc2OC)cc1Cl. The lowest BCUT2D eigenvalue weighted by Gasteiger charge is -2.26. The van der Waals surface area contributed by atoms with E-state index in [4.69, 9.17) is 26.2 Å². The molecule has 1 fully saturated rings. The fourth-order valence-electron chi connectivity index (χ4n) is 4.18. The first-order valence-electron chi connectivity index (χ1n) is 10.8. The van der Waals surface area contributed by atoms with Crippen LogP contribution in [-0.2, 0) is 16.1 Å². The Kier molecular flexibility index (Phi) is 6.98. The second kappa shape index (κ2) is 10.1. The van der Waals surface area contributed by atoms with Gasteiger partial charge in [0.25, 0.3) is 11.7 Å². The van der Waals surface area contributed by atoms with Crippen LogP contribution in [0, 0.1) is 0 Å². The van der Waals surface area contributed by atoms with Gasteiger partial charge in [0, 0.05) is 17.7 Å². The highest BCUT2D eigenvalue weighted by Gasteiger charge is 2.47. The Morgan fingerprint density at radius 2 is 1.56 bits per heavy atom. The molecule has 0 bridgehead atoms. The van der Waals surface area contributed by atoms with Crippen LogP contribution in [0.5, 0.6) is 11.5 Å². The Labute approximate surface area is 211 Å². The van der Waals surface area contributed by atoms with Gasteiger partial charge in [0.1, 0.15) is 17.3 Å². The standard InChI is InChI=1S/C27H22ClNO7/c1-35-20-6-4-3-5-18(20)23-22(24(30)17-11-12-21(36-2)19(28)13-17)25(31)26(32)29(23)14-15-7-9-16(10-8-15)27(33)34/h3-13,23,30H,14H2,1-2H3,(H,33,34)/b24-22+. The van der Waals surface area contributed by atoms with Gasteiger partial charge < -0.3 is 24.6 Å². The van der Waals surface area contributed by atoms with E-state index < -0.39 is 29.5 Å². The monoisotopic (exact) mass is 507 g/mol. The summed E-state index contributed by atoms with van der Waals surface area (Å²) in [5, 5.41) is 20.6. The van der Waals surface area contributed by atoms with Crippen LogP contribution in [0.1, 0.15) is 33.1 Å². The fraction of sp³-hybridized carbons (Fsp3) is 0.148. The number of aliphatic hydroxyl groups is 1. The summed E-state index contributed by atoms with van der Waals surface area (Å²) in [6, 6.07) is 16.5. The summed E-state index contributed by atoms with van der Waals surface area (Å²) in [5.41, 5.74) is 1.33. The van der Waals surface area contributed by atoms with Crippen LogP contribution in [0.2, 0.25) is 5.02 Å². The van der Waals surface area contributed by atoms with Gasteiger partial charge in [0.05, 0.1) is 36.4 Å². The number of likely N-dealkylation sites (tertiary alicyclic amines) is 1. The number of nitrogens with zero attached hydrogens (tertiary/aromatic N) is 1. The number of para-hydroxylation sites is 1. The largest absolute Gasteiger partial charge is 0.507 e. The summed E-state index contributed by atoms with van der Waals surface area (Å²) in [4.78, 5) is 39.0. The number of carbonyl (C=O) groups excluding carboxylic acids is 2. The molecule has 0 aliphatic carbocycles. The molecule has 36 heavy (non-hydrogen) atoms. The van der Waals surface area contributed by atoms with E-state index >= 15 is 0 Å². The molecule has 0 aromatic heterocycles. The van der Waals surface area contributed by atoms with E-state index in [-0.39, 0.29) is 28.3 Å². The topological polar surface area (TPSA) is 113 Å². The van der Waals surface area contributed by atoms with Gasteiger partial charge in [-0.15, -0.1) is 0 Å². The van der Waals surface area contributed by atoms with E-state index in [1.54, 1.807) is 42.5 Å². The molecular formula is C27H22ClNO7. The molecule has 1 heterocycles. The number of aromatic carboxylic acids is 1. The Morgan fingerprint density at radius 3 is 2.17 bits per heavy atom. The molecule has 3 aromatic rings. The maximum Gasteiger partial charge on any atom is 0.335 e. The molecule has 2 N–H and O–H groups in total. The minimum absolute atomic E-state index is 0.00661. The number of benzene rings is 3. The van der Waals surface area contributed by atoms with Crippen molar-refractivity contribution in [2.45, 2.75) is 12.6 Å². The number of ketones is 1. The van der Waals surface area contributed by atoms with Crippen LogP contribution in [0.4, 0.5) is 0 Å². The number of amides is 1. The second-order valence-corrected chi connectivity index (χ2v) is 8.43. The number of hydrogen-bond donors (Lipinski definition) is 2. The van der Waals surface area contributed by atoms with Crippen LogP contribution >= 0.6 is 11.6 Å². The number of aliphatic hydroxyl groups excluding tert-OH is 1. The smallest absolute Gasteiger partial charge is 0.335 e. The van der Waals surface area contributed by atoms with Gasteiger partial charge >= 0.3 is 5.97 Å². The van der Waals surface area contributed by atoms with Crippen molar-refractivity contribution in [3.63, 3.8) is 0 Å². The predicted molar refractivity (Wildman–Crippen MR) is 132 cm³/mol. The molecule has 1 amide bonds. The average Bonchev–Trinajstić information content (AvgIpc) is 3.13. The summed E-state index contributed by atoms with van der Waals surface area (Å²) in [5.74, 6) is -2.33. The maximum absolute atomic E-state index is 13.3. The van der Waals surface area contributed by atoms with Crippen molar-refractivity contribution in [1.29, 1.82) is 0 Å². The van der Waals surface area contributed by atoms with Crippen LogP contribution < -0.4 is 9.47 Å². The molecule has 184 valence electrons. The fourth-order valence-corrected chi connectivity index (χ4v) is 4.44. The van der Waals surface area contributed by atoms with E-state index in [9.17, 15) is 19.5 Å². The molecule has 1 aliphatic heterocycles. The Morgan fingerprint density at radius 1 is 0.917 bits per heavy atom. The maximum atomic E-state index is 13.3. The highest BCUT2D eigenvalue weighted by atomic mass is 35.5. The summed E-state index contributed by atoms with van der Waals surface area (Å²) in [6.45, 7) is -0.00661. The summed E-state index contributed by atoms with van der Waals surface area (Å²) in [6.07, 6.45) is 0. The first-order chi connectivity index (χ1) is 17.3. The lowest BCUT2D eigenvalue weighted by Crippen LogP contribution is -2.29. The third kappa shape index (κ3) is 4.50. The Balaban J connectivity index is 1.86. The van der Waals surface area contributed by atoms with Crippen molar-refractivity contribution in [3.05, 3.63) is 99.6 Å². The van der Waals surface area contributed by atoms with Crippen molar-refractivity contribution in [2.75, 3.05) is 14.2 Å². The van der Waals surface area contributed by atoms with E-state index in [1.165, 1.54) is 43.4 Å². The molecule has 0 radical (unpaired) electrons. The number of halogens is 1. The van der Waals surface area contributed by atoms with Crippen LogP contribution in [0.3, 0.4) is 0 Å². The molecule has 1 saturated heterocycles. The number of carboxylic acid groups (broad SMARTS) is 1. The number of ether oxygens (including phenoxy) is 2. The van der Waals surface area contributed by atoms with Gasteiger partial charge in [0.2, 0.25) is 0 Å². The number of hydrogen-bond acceptors (Lipinski definition) is 6. The third-order valence-corrected chi connectivity index (χ3v) is 6.25. The zero-order chi connectivity index (χ0) is 26.0. The lowest BCUT2D eigenvalue weighted by atomic mass is 9.94. The highest BCUT2D eigenvalue weighted by molar-refractivity contribution is 6.46. The van der Waals surface area contributed by atoms with E-state index in [0.717, 1.165) is 0 Å². The zero-order valence-electron chi connectivity index (χ0n) is 19.4. The molecule has 1 unspecified atom stereocenters. The molecule has 8 nitrogen and oxygen atoms in total. The second-order valence-electron chi connectivity index (χ2n) is 8.02. The lowest BCUT2D eigenvalue weighted by molar-refractivity contribution is -0.140. The number of Topliss-reactive ketones (excluding diaryl/α,β-unsaturated/α-hetero) is 1.